The highest BCUT2D eigenvalue weighted by molar-refractivity contribution is 5.96. The van der Waals surface area contributed by atoms with Crippen molar-refractivity contribution in [1.29, 1.82) is 0 Å². The zero-order valence-corrected chi connectivity index (χ0v) is 20.3. The van der Waals surface area contributed by atoms with E-state index < -0.39 is 5.60 Å². The molecule has 1 unspecified atom stereocenters. The predicted molar refractivity (Wildman–Crippen MR) is 124 cm³/mol. The number of amides is 1. The van der Waals surface area contributed by atoms with Crippen LogP contribution < -0.4 is 4.74 Å². The molecular formula is C25H33N3O5. The molecule has 8 heteroatoms. The minimum atomic E-state index is -0.574. The lowest BCUT2D eigenvalue weighted by atomic mass is 9.92. The summed E-state index contributed by atoms with van der Waals surface area (Å²) in [6.07, 6.45) is 1.05. The fraction of sp³-hybridized carbons (Fsp3) is 0.520. The summed E-state index contributed by atoms with van der Waals surface area (Å²) >= 11 is 0. The Morgan fingerprint density at radius 3 is 2.55 bits per heavy atom. The molecule has 1 fully saturated rings. The smallest absolute Gasteiger partial charge is 0.410 e. The molecule has 0 saturated carbocycles. The summed E-state index contributed by atoms with van der Waals surface area (Å²) < 4.78 is 16.2. The number of Topliss-reactive ketones (excluding diaryl/α,β-unsaturated/α-hetero) is 1. The van der Waals surface area contributed by atoms with Gasteiger partial charge in [0.1, 0.15) is 17.0 Å². The van der Waals surface area contributed by atoms with E-state index in [0.717, 1.165) is 23.1 Å². The third-order valence-electron chi connectivity index (χ3n) is 5.39. The van der Waals surface area contributed by atoms with Crippen LogP contribution in [0.3, 0.4) is 0 Å². The Bertz CT molecular complexity index is 998. The van der Waals surface area contributed by atoms with Crippen molar-refractivity contribution >= 4 is 11.9 Å². The Labute approximate surface area is 195 Å². The zero-order chi connectivity index (χ0) is 24.2. The van der Waals surface area contributed by atoms with Gasteiger partial charge in [-0.2, -0.15) is 0 Å². The highest BCUT2D eigenvalue weighted by Gasteiger charge is 2.32. The maximum absolute atomic E-state index is 13.1. The van der Waals surface area contributed by atoms with Gasteiger partial charge in [-0.05, 0) is 76.8 Å². The average Bonchev–Trinajstić information content (AvgIpc) is 2.76. The molecular weight excluding hydrogens is 422 g/mol. The fourth-order valence-corrected chi connectivity index (χ4v) is 3.98. The van der Waals surface area contributed by atoms with E-state index in [1.807, 2.05) is 46.8 Å². The molecule has 1 aromatic heterocycles. The number of rotatable bonds is 6. The summed E-state index contributed by atoms with van der Waals surface area (Å²) in [6.45, 7) is 10.5. The Morgan fingerprint density at radius 1 is 1.15 bits per heavy atom. The number of aryl methyl sites for hydroxylation is 2. The third kappa shape index (κ3) is 6.28. The number of benzene rings is 1. The van der Waals surface area contributed by atoms with Crippen molar-refractivity contribution in [1.82, 2.24) is 15.1 Å². The largest absolute Gasteiger partial charge is 0.467 e. The molecule has 2 aromatic rings. The van der Waals surface area contributed by atoms with E-state index in [2.05, 4.69) is 10.2 Å². The quantitative estimate of drug-likeness (QED) is 0.465. The Hall–Kier alpha value is -3.00. The van der Waals surface area contributed by atoms with Crippen molar-refractivity contribution in [2.24, 2.45) is 5.92 Å². The van der Waals surface area contributed by atoms with Gasteiger partial charge in [-0.15, -0.1) is 10.2 Å². The molecule has 1 amide bonds. The average molecular weight is 456 g/mol. The highest BCUT2D eigenvalue weighted by atomic mass is 16.7. The number of nitrogens with zero attached hydrogens (tertiary/aromatic N) is 3. The van der Waals surface area contributed by atoms with Crippen molar-refractivity contribution in [3.63, 3.8) is 0 Å². The standard InChI is InChI=1S/C25H33N3O5/c1-16-12-17(2)22(21(13-16)32-15-31-6)19-9-10-20(27-26-19)23(29)18-8-7-11-28(14-18)24(30)33-25(3,4)5/h9-10,12-13,18H,7-8,11,14-15H2,1-6H3. The van der Waals surface area contributed by atoms with Crippen molar-refractivity contribution in [2.45, 2.75) is 53.1 Å². The summed E-state index contributed by atoms with van der Waals surface area (Å²) in [5.41, 5.74) is 3.21. The molecule has 3 rings (SSSR count). The van der Waals surface area contributed by atoms with Crippen molar-refractivity contribution in [3.8, 4) is 17.0 Å². The number of carbonyl (C=O) groups is 2. The van der Waals surface area contributed by atoms with E-state index in [4.69, 9.17) is 14.2 Å². The summed E-state index contributed by atoms with van der Waals surface area (Å²) in [4.78, 5) is 27.1. The zero-order valence-electron chi connectivity index (χ0n) is 20.3. The normalized spacial score (nSPS) is 16.4. The molecule has 1 saturated heterocycles. The molecule has 0 N–H and O–H groups in total. The number of methoxy groups -OCH3 is 1. The van der Waals surface area contributed by atoms with E-state index in [0.29, 0.717) is 36.6 Å². The van der Waals surface area contributed by atoms with Gasteiger partial charge in [0, 0.05) is 31.7 Å². The Balaban J connectivity index is 1.77. The first-order valence-corrected chi connectivity index (χ1v) is 11.2. The Morgan fingerprint density at radius 2 is 1.91 bits per heavy atom. The number of aromatic nitrogens is 2. The third-order valence-corrected chi connectivity index (χ3v) is 5.39. The highest BCUT2D eigenvalue weighted by Crippen LogP contribution is 2.33. The van der Waals surface area contributed by atoms with Gasteiger partial charge < -0.3 is 19.1 Å². The molecule has 0 bridgehead atoms. The van der Waals surface area contributed by atoms with Gasteiger partial charge in [-0.1, -0.05) is 6.07 Å². The summed E-state index contributed by atoms with van der Waals surface area (Å²) in [5, 5.41) is 8.55. The molecule has 8 nitrogen and oxygen atoms in total. The first kappa shape index (κ1) is 24.6. The molecule has 178 valence electrons. The van der Waals surface area contributed by atoms with Gasteiger partial charge in [0.2, 0.25) is 0 Å². The molecule has 0 spiro atoms. The second-order valence-electron chi connectivity index (χ2n) is 9.44. The maximum atomic E-state index is 13.1. The Kier molecular flexibility index (Phi) is 7.68. The summed E-state index contributed by atoms with van der Waals surface area (Å²) in [7, 11) is 1.57. The number of hydrogen-bond donors (Lipinski definition) is 0. The minimum Gasteiger partial charge on any atom is -0.467 e. The second-order valence-corrected chi connectivity index (χ2v) is 9.44. The van der Waals surface area contributed by atoms with E-state index in [-0.39, 0.29) is 24.6 Å². The van der Waals surface area contributed by atoms with Crippen LogP contribution in [-0.4, -0.2) is 59.6 Å². The van der Waals surface area contributed by atoms with E-state index >= 15 is 0 Å². The van der Waals surface area contributed by atoms with E-state index in [1.54, 1.807) is 24.1 Å². The van der Waals surface area contributed by atoms with Crippen LogP contribution in [0.4, 0.5) is 4.79 Å². The number of ketones is 1. The topological polar surface area (TPSA) is 90.9 Å². The first-order chi connectivity index (χ1) is 15.6. The second kappa shape index (κ2) is 10.3. The number of ether oxygens (including phenoxy) is 3. The number of carbonyl (C=O) groups excluding carboxylic acids is 2. The lowest BCUT2D eigenvalue weighted by Crippen LogP contribution is -2.44. The van der Waals surface area contributed by atoms with Crippen LogP contribution in [0.25, 0.3) is 11.3 Å². The monoisotopic (exact) mass is 455 g/mol. The van der Waals surface area contributed by atoms with Crippen LogP contribution in [0.1, 0.15) is 55.2 Å². The molecule has 1 aliphatic rings. The van der Waals surface area contributed by atoms with E-state index in [1.165, 1.54) is 0 Å². The van der Waals surface area contributed by atoms with Gasteiger partial charge in [0.15, 0.2) is 12.6 Å². The van der Waals surface area contributed by atoms with Crippen molar-refractivity contribution in [2.75, 3.05) is 27.0 Å². The van der Waals surface area contributed by atoms with Gasteiger partial charge >= 0.3 is 6.09 Å². The van der Waals surface area contributed by atoms with Crippen LogP contribution >= 0.6 is 0 Å². The van der Waals surface area contributed by atoms with Crippen LogP contribution in [-0.2, 0) is 9.47 Å². The molecule has 0 radical (unpaired) electrons. The van der Waals surface area contributed by atoms with Gasteiger partial charge in [-0.25, -0.2) is 4.79 Å². The van der Waals surface area contributed by atoms with Gasteiger partial charge in [0.05, 0.1) is 5.69 Å². The predicted octanol–water partition coefficient (Wildman–Crippen LogP) is 4.57. The van der Waals surface area contributed by atoms with Crippen molar-refractivity contribution in [3.05, 3.63) is 41.1 Å². The lowest BCUT2D eigenvalue weighted by Gasteiger charge is -2.33. The summed E-state index contributed by atoms with van der Waals surface area (Å²) in [5.74, 6) is 0.218. The number of likely N-dealkylation sites (tertiary alicyclic amines) is 1. The molecule has 0 aliphatic carbocycles. The van der Waals surface area contributed by atoms with Gasteiger partial charge in [0.25, 0.3) is 0 Å². The van der Waals surface area contributed by atoms with Crippen LogP contribution in [0.5, 0.6) is 5.75 Å². The molecule has 1 aromatic carbocycles. The van der Waals surface area contributed by atoms with Crippen LogP contribution in [0.15, 0.2) is 24.3 Å². The van der Waals surface area contributed by atoms with Crippen LogP contribution in [0, 0.1) is 19.8 Å². The molecule has 33 heavy (non-hydrogen) atoms. The van der Waals surface area contributed by atoms with Crippen molar-refractivity contribution < 1.29 is 23.8 Å². The maximum Gasteiger partial charge on any atom is 0.410 e. The number of hydrogen-bond acceptors (Lipinski definition) is 7. The molecule has 1 atom stereocenters. The van der Waals surface area contributed by atoms with Crippen LogP contribution in [0.2, 0.25) is 0 Å². The van der Waals surface area contributed by atoms with Gasteiger partial charge in [-0.3, -0.25) is 4.79 Å². The van der Waals surface area contributed by atoms with E-state index in [9.17, 15) is 9.59 Å². The first-order valence-electron chi connectivity index (χ1n) is 11.2. The number of piperidine rings is 1. The lowest BCUT2D eigenvalue weighted by molar-refractivity contribution is 0.0171. The minimum absolute atomic E-state index is 0.112. The molecule has 1 aliphatic heterocycles. The molecule has 2 heterocycles. The fourth-order valence-electron chi connectivity index (χ4n) is 3.98. The SMILES string of the molecule is COCOc1cc(C)cc(C)c1-c1ccc(C(=O)C2CCCN(C(=O)OC(C)(C)C)C2)nn1. The summed E-state index contributed by atoms with van der Waals surface area (Å²) in [6, 6.07) is 7.45.